The molecule has 0 saturated carbocycles. The molecule has 2 rings (SSSR count). The van der Waals surface area contributed by atoms with E-state index < -0.39 is 0 Å². The maximum absolute atomic E-state index is 8.75. The van der Waals surface area contributed by atoms with Gasteiger partial charge < -0.3 is 15.2 Å². The highest BCUT2D eigenvalue weighted by atomic mass is 16.5. The van der Waals surface area contributed by atoms with E-state index in [-0.39, 0.29) is 6.61 Å². The fourth-order valence-electron chi connectivity index (χ4n) is 2.91. The van der Waals surface area contributed by atoms with Crippen LogP contribution in [0.4, 0.5) is 0 Å². The van der Waals surface area contributed by atoms with Crippen LogP contribution in [0.25, 0.3) is 0 Å². The SMILES string of the molecule is CCNC1CCCc2ccc(OCCCCCO)cc21. The highest BCUT2D eigenvalue weighted by molar-refractivity contribution is 5.39. The van der Waals surface area contributed by atoms with Gasteiger partial charge in [-0.05, 0) is 68.3 Å². The Labute approximate surface area is 122 Å². The van der Waals surface area contributed by atoms with Crippen molar-refractivity contribution in [2.45, 2.75) is 51.5 Å². The molecule has 0 aliphatic heterocycles. The molecule has 0 bridgehead atoms. The Morgan fingerprint density at radius 1 is 1.30 bits per heavy atom. The van der Waals surface area contributed by atoms with Gasteiger partial charge in [-0.1, -0.05) is 13.0 Å². The molecule has 0 fully saturated rings. The van der Waals surface area contributed by atoms with Crippen LogP contribution in [-0.4, -0.2) is 24.9 Å². The van der Waals surface area contributed by atoms with Gasteiger partial charge in [0.2, 0.25) is 0 Å². The summed E-state index contributed by atoms with van der Waals surface area (Å²) in [6.45, 7) is 4.19. The Bertz CT molecular complexity index is 406. The Hall–Kier alpha value is -1.06. The van der Waals surface area contributed by atoms with Crippen molar-refractivity contribution < 1.29 is 9.84 Å². The lowest BCUT2D eigenvalue weighted by molar-refractivity contribution is 0.266. The zero-order valence-electron chi connectivity index (χ0n) is 12.5. The van der Waals surface area contributed by atoms with Gasteiger partial charge in [-0.3, -0.25) is 0 Å². The Morgan fingerprint density at radius 3 is 3.00 bits per heavy atom. The topological polar surface area (TPSA) is 41.5 Å². The molecule has 2 N–H and O–H groups in total. The number of aryl methyl sites for hydroxylation is 1. The highest BCUT2D eigenvalue weighted by Crippen LogP contribution is 2.32. The van der Waals surface area contributed by atoms with Gasteiger partial charge in [0.05, 0.1) is 6.61 Å². The largest absolute Gasteiger partial charge is 0.494 e. The molecule has 112 valence electrons. The van der Waals surface area contributed by atoms with Crippen molar-refractivity contribution in [3.05, 3.63) is 29.3 Å². The zero-order chi connectivity index (χ0) is 14.2. The molecule has 1 aliphatic carbocycles. The van der Waals surface area contributed by atoms with Gasteiger partial charge in [0.25, 0.3) is 0 Å². The van der Waals surface area contributed by atoms with Gasteiger partial charge in [0.1, 0.15) is 5.75 Å². The van der Waals surface area contributed by atoms with Crippen LogP contribution < -0.4 is 10.1 Å². The first-order valence-electron chi connectivity index (χ1n) is 7.95. The predicted octanol–water partition coefficient (Wildman–Crippen LogP) is 3.21. The summed E-state index contributed by atoms with van der Waals surface area (Å²) >= 11 is 0. The van der Waals surface area contributed by atoms with E-state index in [9.17, 15) is 0 Å². The maximum atomic E-state index is 8.75. The van der Waals surface area contributed by atoms with Crippen molar-refractivity contribution in [3.8, 4) is 5.75 Å². The molecular formula is C17H27NO2. The van der Waals surface area contributed by atoms with Crippen LogP contribution in [0.5, 0.6) is 5.75 Å². The number of benzene rings is 1. The number of fused-ring (bicyclic) bond motifs is 1. The van der Waals surface area contributed by atoms with Crippen LogP contribution >= 0.6 is 0 Å². The first-order valence-corrected chi connectivity index (χ1v) is 7.95. The summed E-state index contributed by atoms with van der Waals surface area (Å²) in [5, 5.41) is 12.3. The van der Waals surface area contributed by atoms with Crippen LogP contribution in [0, 0.1) is 0 Å². The second kappa shape index (κ2) is 8.28. The van der Waals surface area contributed by atoms with Crippen LogP contribution in [-0.2, 0) is 6.42 Å². The molecule has 0 amide bonds. The van der Waals surface area contributed by atoms with Crippen LogP contribution in [0.3, 0.4) is 0 Å². The fraction of sp³-hybridized carbons (Fsp3) is 0.647. The van der Waals surface area contributed by atoms with Crippen molar-refractivity contribution in [1.29, 1.82) is 0 Å². The molecule has 1 aromatic rings. The third-order valence-corrected chi connectivity index (χ3v) is 3.95. The molecule has 1 atom stereocenters. The van der Waals surface area contributed by atoms with Crippen LogP contribution in [0.1, 0.15) is 56.2 Å². The quantitative estimate of drug-likeness (QED) is 0.717. The molecule has 3 nitrogen and oxygen atoms in total. The second-order valence-corrected chi connectivity index (χ2v) is 5.50. The summed E-state index contributed by atoms with van der Waals surface area (Å²) in [5.41, 5.74) is 2.89. The van der Waals surface area contributed by atoms with Crippen molar-refractivity contribution in [2.75, 3.05) is 19.8 Å². The van der Waals surface area contributed by atoms with Gasteiger partial charge in [-0.25, -0.2) is 0 Å². The molecule has 1 aliphatic rings. The van der Waals surface area contributed by atoms with E-state index >= 15 is 0 Å². The van der Waals surface area contributed by atoms with Crippen LogP contribution in [0.15, 0.2) is 18.2 Å². The lowest BCUT2D eigenvalue weighted by Gasteiger charge is -2.26. The van der Waals surface area contributed by atoms with Gasteiger partial charge in [0, 0.05) is 12.6 Å². The Kier molecular flexibility index (Phi) is 6.34. The Morgan fingerprint density at radius 2 is 2.20 bits per heavy atom. The first-order chi connectivity index (χ1) is 9.85. The van der Waals surface area contributed by atoms with E-state index in [1.807, 2.05) is 0 Å². The lowest BCUT2D eigenvalue weighted by Crippen LogP contribution is -2.24. The molecule has 0 radical (unpaired) electrons. The number of hydrogen-bond acceptors (Lipinski definition) is 3. The Balaban J connectivity index is 1.93. The normalized spacial score (nSPS) is 17.8. The standard InChI is InChI=1S/C17H27NO2/c1-2-18-17-8-6-7-14-9-10-15(13-16(14)17)20-12-5-3-4-11-19/h9-10,13,17-19H,2-8,11-12H2,1H3. The molecule has 20 heavy (non-hydrogen) atoms. The maximum Gasteiger partial charge on any atom is 0.119 e. The summed E-state index contributed by atoms with van der Waals surface area (Å²) in [7, 11) is 0. The van der Waals surface area contributed by atoms with Crippen molar-refractivity contribution in [3.63, 3.8) is 0 Å². The van der Waals surface area contributed by atoms with Gasteiger partial charge in [-0.2, -0.15) is 0 Å². The predicted molar refractivity (Wildman–Crippen MR) is 82.2 cm³/mol. The van der Waals surface area contributed by atoms with E-state index in [0.29, 0.717) is 6.04 Å². The number of aliphatic hydroxyl groups is 1. The van der Waals surface area contributed by atoms with Crippen molar-refractivity contribution >= 4 is 0 Å². The van der Waals surface area contributed by atoms with E-state index in [2.05, 4.69) is 30.4 Å². The molecule has 3 heteroatoms. The fourth-order valence-corrected chi connectivity index (χ4v) is 2.91. The number of ether oxygens (including phenoxy) is 1. The summed E-state index contributed by atoms with van der Waals surface area (Å²) in [6, 6.07) is 7.02. The molecule has 1 aromatic carbocycles. The zero-order valence-corrected chi connectivity index (χ0v) is 12.5. The summed E-state index contributed by atoms with van der Waals surface area (Å²) in [5.74, 6) is 0.984. The molecule has 1 unspecified atom stereocenters. The third kappa shape index (κ3) is 4.22. The molecule has 0 aromatic heterocycles. The first kappa shape index (κ1) is 15.3. The molecule has 0 saturated heterocycles. The smallest absolute Gasteiger partial charge is 0.119 e. The van der Waals surface area contributed by atoms with Crippen molar-refractivity contribution in [2.24, 2.45) is 0 Å². The highest BCUT2D eigenvalue weighted by Gasteiger charge is 2.19. The summed E-state index contributed by atoms with van der Waals surface area (Å²) in [4.78, 5) is 0. The van der Waals surface area contributed by atoms with E-state index in [4.69, 9.17) is 9.84 Å². The van der Waals surface area contributed by atoms with E-state index in [1.54, 1.807) is 0 Å². The minimum Gasteiger partial charge on any atom is -0.494 e. The minimum absolute atomic E-state index is 0.281. The number of nitrogens with one attached hydrogen (secondary N) is 1. The van der Waals surface area contributed by atoms with Crippen LogP contribution in [0.2, 0.25) is 0 Å². The number of aliphatic hydroxyl groups excluding tert-OH is 1. The average molecular weight is 277 g/mol. The van der Waals surface area contributed by atoms with E-state index in [0.717, 1.165) is 38.2 Å². The lowest BCUT2D eigenvalue weighted by atomic mass is 9.87. The van der Waals surface area contributed by atoms with Gasteiger partial charge >= 0.3 is 0 Å². The minimum atomic E-state index is 0.281. The number of hydrogen-bond donors (Lipinski definition) is 2. The summed E-state index contributed by atoms with van der Waals surface area (Å²) in [6.07, 6.45) is 6.59. The molecular weight excluding hydrogens is 250 g/mol. The molecule has 0 spiro atoms. The second-order valence-electron chi connectivity index (χ2n) is 5.50. The van der Waals surface area contributed by atoms with Crippen molar-refractivity contribution in [1.82, 2.24) is 5.32 Å². The van der Waals surface area contributed by atoms with E-state index in [1.165, 1.54) is 30.4 Å². The molecule has 0 heterocycles. The average Bonchev–Trinajstić information content (AvgIpc) is 2.48. The summed E-state index contributed by atoms with van der Waals surface area (Å²) < 4.78 is 5.84. The third-order valence-electron chi connectivity index (χ3n) is 3.95. The number of rotatable bonds is 8. The van der Waals surface area contributed by atoms with Gasteiger partial charge in [-0.15, -0.1) is 0 Å². The monoisotopic (exact) mass is 277 g/mol. The van der Waals surface area contributed by atoms with Gasteiger partial charge in [0.15, 0.2) is 0 Å². The number of unbranched alkanes of at least 4 members (excludes halogenated alkanes) is 2.